The van der Waals surface area contributed by atoms with Crippen molar-refractivity contribution in [2.45, 2.75) is 25.5 Å². The van der Waals surface area contributed by atoms with Gasteiger partial charge in [0.05, 0.1) is 17.3 Å². The Balaban J connectivity index is 1.68. The quantitative estimate of drug-likeness (QED) is 0.716. The second-order valence-corrected chi connectivity index (χ2v) is 7.90. The largest absolute Gasteiger partial charge is 0.448 e. The smallest absolute Gasteiger partial charge is 0.339 e. The summed E-state index contributed by atoms with van der Waals surface area (Å²) in [5.74, 6) is 0.0288. The van der Waals surface area contributed by atoms with E-state index in [0.717, 1.165) is 11.3 Å². The summed E-state index contributed by atoms with van der Waals surface area (Å²) in [6, 6.07) is 14.3. The molecular formula is C20H17ClN2O3S. The molecule has 0 spiro atoms. The molecule has 2 aliphatic heterocycles. The number of amidine groups is 1. The Morgan fingerprint density at radius 3 is 2.67 bits per heavy atom. The van der Waals surface area contributed by atoms with E-state index in [1.54, 1.807) is 36.4 Å². The lowest BCUT2D eigenvalue weighted by Crippen LogP contribution is -2.46. The molecule has 2 atom stereocenters. The number of hydrogen-bond donors (Lipinski definition) is 0. The zero-order valence-corrected chi connectivity index (χ0v) is 16.2. The van der Waals surface area contributed by atoms with Gasteiger partial charge < -0.3 is 4.74 Å². The van der Waals surface area contributed by atoms with E-state index in [0.29, 0.717) is 27.9 Å². The van der Waals surface area contributed by atoms with Crippen LogP contribution >= 0.6 is 23.4 Å². The van der Waals surface area contributed by atoms with E-state index in [1.165, 1.54) is 16.7 Å². The number of aliphatic imine (C=N–C) groups is 1. The molecule has 0 aromatic heterocycles. The standard InChI is InChI=1S/C20H17ClN2O3S/c1-12-11-27-20(22-12)23(15-8-6-14(21)7-9-15)18(24)17-10-13-4-2-3-5-16(13)19(25)26-17/h2-9,12,17H,10-11H2,1H3/t12-,17+/m0/s1. The molecule has 2 heterocycles. The number of hydrogen-bond acceptors (Lipinski definition) is 5. The maximum atomic E-state index is 13.4. The van der Waals surface area contributed by atoms with E-state index in [2.05, 4.69) is 4.99 Å². The molecule has 27 heavy (non-hydrogen) atoms. The molecule has 0 unspecified atom stereocenters. The molecule has 0 aliphatic carbocycles. The molecule has 2 aromatic carbocycles. The first kappa shape index (κ1) is 18.1. The van der Waals surface area contributed by atoms with Crippen LogP contribution in [0, 0.1) is 0 Å². The number of carbonyl (C=O) groups excluding carboxylic acids is 2. The summed E-state index contributed by atoms with van der Waals surface area (Å²) in [5.41, 5.74) is 1.98. The van der Waals surface area contributed by atoms with Gasteiger partial charge in [-0.15, -0.1) is 0 Å². The number of anilines is 1. The molecule has 7 heteroatoms. The molecule has 2 aromatic rings. The number of thioether (sulfide) groups is 1. The predicted octanol–water partition coefficient (Wildman–Crippen LogP) is 3.95. The fraction of sp³-hybridized carbons (Fsp3) is 0.250. The maximum absolute atomic E-state index is 13.4. The molecule has 2 aliphatic rings. The van der Waals surface area contributed by atoms with Gasteiger partial charge >= 0.3 is 5.97 Å². The minimum atomic E-state index is -0.887. The van der Waals surface area contributed by atoms with Gasteiger partial charge in [-0.05, 0) is 42.8 Å². The van der Waals surface area contributed by atoms with Gasteiger partial charge in [-0.25, -0.2) is 4.79 Å². The highest BCUT2D eigenvalue weighted by molar-refractivity contribution is 8.14. The number of cyclic esters (lactones) is 1. The fourth-order valence-corrected chi connectivity index (χ4v) is 4.29. The molecule has 5 nitrogen and oxygen atoms in total. The van der Waals surface area contributed by atoms with E-state index >= 15 is 0 Å². The Kier molecular flexibility index (Phi) is 4.93. The van der Waals surface area contributed by atoms with Crippen molar-refractivity contribution in [3.63, 3.8) is 0 Å². The number of benzene rings is 2. The summed E-state index contributed by atoms with van der Waals surface area (Å²) in [6.45, 7) is 2.00. The van der Waals surface area contributed by atoms with Crippen molar-refractivity contribution in [1.82, 2.24) is 0 Å². The van der Waals surface area contributed by atoms with Gasteiger partial charge in [0.2, 0.25) is 0 Å². The SMILES string of the molecule is C[C@H]1CSC(N(C(=O)[C@H]2Cc3ccccc3C(=O)O2)c2ccc(Cl)cc2)=N1. The van der Waals surface area contributed by atoms with Crippen molar-refractivity contribution in [3.05, 3.63) is 64.7 Å². The van der Waals surface area contributed by atoms with Crippen LogP contribution in [-0.2, 0) is 16.0 Å². The van der Waals surface area contributed by atoms with Gasteiger partial charge in [-0.1, -0.05) is 41.6 Å². The summed E-state index contributed by atoms with van der Waals surface area (Å²) in [4.78, 5) is 31.8. The molecule has 4 rings (SSSR count). The molecule has 1 amide bonds. The van der Waals surface area contributed by atoms with Crippen LogP contribution in [0.4, 0.5) is 5.69 Å². The lowest BCUT2D eigenvalue weighted by molar-refractivity contribution is -0.126. The van der Waals surface area contributed by atoms with Crippen LogP contribution in [-0.4, -0.2) is 34.9 Å². The van der Waals surface area contributed by atoms with Crippen LogP contribution < -0.4 is 4.90 Å². The first-order chi connectivity index (χ1) is 13.0. The highest BCUT2D eigenvalue weighted by Gasteiger charge is 2.37. The first-order valence-corrected chi connectivity index (χ1v) is 9.98. The number of carbonyl (C=O) groups is 2. The molecule has 0 N–H and O–H groups in total. The van der Waals surface area contributed by atoms with E-state index < -0.39 is 12.1 Å². The molecule has 0 saturated carbocycles. The van der Waals surface area contributed by atoms with Crippen LogP contribution in [0.15, 0.2) is 53.5 Å². The van der Waals surface area contributed by atoms with E-state index in [-0.39, 0.29) is 11.9 Å². The average molecular weight is 401 g/mol. The second-order valence-electron chi connectivity index (χ2n) is 6.48. The lowest BCUT2D eigenvalue weighted by Gasteiger charge is -2.29. The molecule has 138 valence electrons. The van der Waals surface area contributed by atoms with E-state index in [1.807, 2.05) is 19.1 Å². The number of fused-ring (bicyclic) bond motifs is 1. The number of amides is 1. The summed E-state index contributed by atoms with van der Waals surface area (Å²) in [7, 11) is 0. The van der Waals surface area contributed by atoms with Crippen molar-refractivity contribution in [1.29, 1.82) is 0 Å². The Hall–Kier alpha value is -2.31. The minimum Gasteiger partial charge on any atom is -0.448 e. The van der Waals surface area contributed by atoms with Crippen LogP contribution in [0.5, 0.6) is 0 Å². The molecule has 0 saturated heterocycles. The van der Waals surface area contributed by atoms with Crippen molar-refractivity contribution in [2.24, 2.45) is 4.99 Å². The summed E-state index contributed by atoms with van der Waals surface area (Å²) >= 11 is 7.51. The number of nitrogens with zero attached hydrogens (tertiary/aromatic N) is 2. The molecule has 0 radical (unpaired) electrons. The van der Waals surface area contributed by atoms with Crippen molar-refractivity contribution < 1.29 is 14.3 Å². The third-order valence-electron chi connectivity index (χ3n) is 4.45. The summed E-state index contributed by atoms with van der Waals surface area (Å²) in [5, 5.41) is 1.20. The highest BCUT2D eigenvalue weighted by atomic mass is 35.5. The van der Waals surface area contributed by atoms with Crippen molar-refractivity contribution >= 4 is 46.1 Å². The summed E-state index contributed by atoms with van der Waals surface area (Å²) in [6.07, 6.45) is -0.541. The molecule has 0 bridgehead atoms. The topological polar surface area (TPSA) is 59.0 Å². The van der Waals surface area contributed by atoms with Crippen molar-refractivity contribution in [3.8, 4) is 0 Å². The Morgan fingerprint density at radius 1 is 1.22 bits per heavy atom. The Labute approximate surface area is 166 Å². The minimum absolute atomic E-state index is 0.127. The van der Waals surface area contributed by atoms with Crippen LogP contribution in [0.1, 0.15) is 22.8 Å². The second kappa shape index (κ2) is 7.37. The highest BCUT2D eigenvalue weighted by Crippen LogP contribution is 2.30. The van der Waals surface area contributed by atoms with Gasteiger partial charge in [-0.3, -0.25) is 14.7 Å². The van der Waals surface area contributed by atoms with Crippen LogP contribution in [0.25, 0.3) is 0 Å². The van der Waals surface area contributed by atoms with Gasteiger partial charge in [0.25, 0.3) is 5.91 Å². The zero-order chi connectivity index (χ0) is 19.0. The number of halogens is 1. The Morgan fingerprint density at radius 2 is 1.96 bits per heavy atom. The molecule has 0 fully saturated rings. The average Bonchev–Trinajstić information content (AvgIpc) is 3.09. The normalized spacial score (nSPS) is 21.3. The summed E-state index contributed by atoms with van der Waals surface area (Å²) < 4.78 is 5.47. The number of ether oxygens (including phenoxy) is 1. The van der Waals surface area contributed by atoms with Gasteiger partial charge in [0, 0.05) is 17.2 Å². The fourth-order valence-electron chi connectivity index (χ4n) is 3.12. The number of esters is 1. The monoisotopic (exact) mass is 400 g/mol. The zero-order valence-electron chi connectivity index (χ0n) is 14.6. The Bertz CT molecular complexity index is 929. The molecular weight excluding hydrogens is 384 g/mol. The first-order valence-electron chi connectivity index (χ1n) is 8.62. The van der Waals surface area contributed by atoms with E-state index in [4.69, 9.17) is 16.3 Å². The predicted molar refractivity (Wildman–Crippen MR) is 108 cm³/mol. The van der Waals surface area contributed by atoms with Gasteiger partial charge in [0.1, 0.15) is 0 Å². The van der Waals surface area contributed by atoms with Gasteiger partial charge in [-0.2, -0.15) is 0 Å². The third kappa shape index (κ3) is 3.59. The van der Waals surface area contributed by atoms with Crippen molar-refractivity contribution in [2.75, 3.05) is 10.7 Å². The third-order valence-corrected chi connectivity index (χ3v) is 5.90. The lowest BCUT2D eigenvalue weighted by atomic mass is 9.98. The number of rotatable bonds is 2. The maximum Gasteiger partial charge on any atom is 0.339 e. The van der Waals surface area contributed by atoms with Crippen LogP contribution in [0.2, 0.25) is 5.02 Å². The van der Waals surface area contributed by atoms with Crippen LogP contribution in [0.3, 0.4) is 0 Å². The van der Waals surface area contributed by atoms with E-state index in [9.17, 15) is 9.59 Å². The van der Waals surface area contributed by atoms with Gasteiger partial charge in [0.15, 0.2) is 11.3 Å².